The largest absolute Gasteiger partial charge is 0.352 e. The quantitative estimate of drug-likeness (QED) is 0.759. The van der Waals surface area contributed by atoms with Crippen molar-refractivity contribution in [3.05, 3.63) is 47.0 Å². The maximum Gasteiger partial charge on any atom is 0.321 e. The Bertz CT molecular complexity index is 682. The molecule has 0 spiro atoms. The lowest BCUT2D eigenvalue weighted by Crippen LogP contribution is -2.39. The SMILES string of the molecule is O=C(CNC(=O)Nc1nc(Cc2ccccc2)cs1)NC1CC1. The second-order valence-electron chi connectivity index (χ2n) is 5.46. The minimum Gasteiger partial charge on any atom is -0.352 e. The number of aromatic nitrogens is 1. The summed E-state index contributed by atoms with van der Waals surface area (Å²) in [6.07, 6.45) is 2.78. The summed E-state index contributed by atoms with van der Waals surface area (Å²) in [5.74, 6) is -0.161. The van der Waals surface area contributed by atoms with Crippen molar-refractivity contribution in [2.45, 2.75) is 25.3 Å². The van der Waals surface area contributed by atoms with Gasteiger partial charge in [-0.1, -0.05) is 30.3 Å². The van der Waals surface area contributed by atoms with Gasteiger partial charge in [0.1, 0.15) is 0 Å². The molecule has 1 aliphatic carbocycles. The second kappa shape index (κ2) is 7.23. The maximum absolute atomic E-state index is 11.8. The summed E-state index contributed by atoms with van der Waals surface area (Å²) in [4.78, 5) is 27.6. The predicted octanol–water partition coefficient (Wildman–Crippen LogP) is 2.13. The fourth-order valence-electron chi connectivity index (χ4n) is 2.06. The van der Waals surface area contributed by atoms with Gasteiger partial charge in [0.15, 0.2) is 5.13 Å². The van der Waals surface area contributed by atoms with Gasteiger partial charge in [-0.2, -0.15) is 0 Å². The first-order valence-electron chi connectivity index (χ1n) is 7.51. The molecular formula is C16H18N4O2S. The average Bonchev–Trinajstić information content (AvgIpc) is 3.25. The molecule has 0 aliphatic heterocycles. The van der Waals surface area contributed by atoms with Crippen LogP contribution in [0.2, 0.25) is 0 Å². The van der Waals surface area contributed by atoms with Crippen LogP contribution in [-0.4, -0.2) is 29.5 Å². The van der Waals surface area contributed by atoms with Crippen LogP contribution in [0.15, 0.2) is 35.7 Å². The Balaban J connectivity index is 1.44. The first-order valence-corrected chi connectivity index (χ1v) is 8.39. The highest BCUT2D eigenvalue weighted by atomic mass is 32.1. The van der Waals surface area contributed by atoms with Crippen LogP contribution in [0.4, 0.5) is 9.93 Å². The van der Waals surface area contributed by atoms with Crippen molar-refractivity contribution >= 4 is 28.4 Å². The smallest absolute Gasteiger partial charge is 0.321 e. The third-order valence-corrected chi connectivity index (χ3v) is 4.16. The number of urea groups is 1. The van der Waals surface area contributed by atoms with Crippen molar-refractivity contribution in [2.24, 2.45) is 0 Å². The Morgan fingerprint density at radius 3 is 2.74 bits per heavy atom. The van der Waals surface area contributed by atoms with E-state index in [1.54, 1.807) is 0 Å². The van der Waals surface area contributed by atoms with E-state index in [1.807, 2.05) is 35.7 Å². The van der Waals surface area contributed by atoms with E-state index in [0.29, 0.717) is 11.2 Å². The number of benzene rings is 1. The molecule has 7 heteroatoms. The van der Waals surface area contributed by atoms with Crippen molar-refractivity contribution in [1.82, 2.24) is 15.6 Å². The van der Waals surface area contributed by atoms with Crippen molar-refractivity contribution < 1.29 is 9.59 Å². The monoisotopic (exact) mass is 330 g/mol. The highest BCUT2D eigenvalue weighted by Crippen LogP contribution is 2.18. The molecule has 3 rings (SSSR count). The number of thiazole rings is 1. The number of nitrogens with one attached hydrogen (secondary N) is 3. The van der Waals surface area contributed by atoms with Gasteiger partial charge in [-0.25, -0.2) is 9.78 Å². The molecule has 1 aromatic heterocycles. The second-order valence-corrected chi connectivity index (χ2v) is 6.31. The van der Waals surface area contributed by atoms with Gasteiger partial charge >= 0.3 is 6.03 Å². The molecule has 1 aromatic carbocycles. The summed E-state index contributed by atoms with van der Waals surface area (Å²) < 4.78 is 0. The Morgan fingerprint density at radius 2 is 2.00 bits per heavy atom. The first kappa shape index (κ1) is 15.5. The lowest BCUT2D eigenvalue weighted by atomic mass is 10.1. The highest BCUT2D eigenvalue weighted by Gasteiger charge is 2.23. The normalized spacial score (nSPS) is 13.4. The molecule has 0 unspecified atom stereocenters. The molecule has 1 fully saturated rings. The first-order chi connectivity index (χ1) is 11.2. The zero-order valence-electron chi connectivity index (χ0n) is 12.5. The Morgan fingerprint density at radius 1 is 1.22 bits per heavy atom. The Hall–Kier alpha value is -2.41. The molecule has 6 nitrogen and oxygen atoms in total. The third kappa shape index (κ3) is 5.07. The number of rotatable bonds is 6. The predicted molar refractivity (Wildman–Crippen MR) is 89.5 cm³/mol. The van der Waals surface area contributed by atoms with Crippen LogP contribution in [0, 0.1) is 0 Å². The molecule has 0 atom stereocenters. The van der Waals surface area contributed by atoms with Crippen LogP contribution in [0.5, 0.6) is 0 Å². The van der Waals surface area contributed by atoms with E-state index < -0.39 is 6.03 Å². The van der Waals surface area contributed by atoms with Crippen molar-refractivity contribution in [2.75, 3.05) is 11.9 Å². The van der Waals surface area contributed by atoms with Gasteiger partial charge in [0.2, 0.25) is 5.91 Å². The van der Waals surface area contributed by atoms with E-state index >= 15 is 0 Å². The molecule has 120 valence electrons. The zero-order valence-corrected chi connectivity index (χ0v) is 13.4. The number of hydrogen-bond donors (Lipinski definition) is 3. The molecule has 23 heavy (non-hydrogen) atoms. The Labute approximate surface area is 138 Å². The molecular weight excluding hydrogens is 312 g/mol. The molecule has 3 amide bonds. The van der Waals surface area contributed by atoms with Gasteiger partial charge in [-0.3, -0.25) is 10.1 Å². The van der Waals surface area contributed by atoms with E-state index in [1.165, 1.54) is 16.9 Å². The Kier molecular flexibility index (Phi) is 4.87. The number of nitrogens with zero attached hydrogens (tertiary/aromatic N) is 1. The molecule has 1 aliphatic rings. The summed E-state index contributed by atoms with van der Waals surface area (Å²) in [6.45, 7) is -0.0232. The van der Waals surface area contributed by atoms with Crippen LogP contribution in [0.25, 0.3) is 0 Å². The number of anilines is 1. The number of hydrogen-bond acceptors (Lipinski definition) is 4. The van der Waals surface area contributed by atoms with Crippen LogP contribution in [0.3, 0.4) is 0 Å². The third-order valence-electron chi connectivity index (χ3n) is 3.35. The van der Waals surface area contributed by atoms with Crippen LogP contribution < -0.4 is 16.0 Å². The lowest BCUT2D eigenvalue weighted by molar-refractivity contribution is -0.120. The summed E-state index contributed by atoms with van der Waals surface area (Å²) in [6, 6.07) is 9.90. The van der Waals surface area contributed by atoms with E-state index in [2.05, 4.69) is 20.9 Å². The topological polar surface area (TPSA) is 83.1 Å². The van der Waals surface area contributed by atoms with E-state index in [-0.39, 0.29) is 12.5 Å². The molecule has 2 aromatic rings. The van der Waals surface area contributed by atoms with Crippen LogP contribution >= 0.6 is 11.3 Å². The van der Waals surface area contributed by atoms with Crippen molar-refractivity contribution in [3.63, 3.8) is 0 Å². The van der Waals surface area contributed by atoms with Gasteiger partial charge in [-0.15, -0.1) is 11.3 Å². The minimum absolute atomic E-state index is 0.0232. The number of carbonyl (C=O) groups excluding carboxylic acids is 2. The summed E-state index contributed by atoms with van der Waals surface area (Å²) in [5, 5.41) is 10.4. The highest BCUT2D eigenvalue weighted by molar-refractivity contribution is 7.13. The number of amides is 3. The van der Waals surface area contributed by atoms with Crippen LogP contribution in [0.1, 0.15) is 24.1 Å². The fraction of sp³-hybridized carbons (Fsp3) is 0.312. The molecule has 0 saturated heterocycles. The molecule has 1 saturated carbocycles. The summed E-state index contributed by atoms with van der Waals surface area (Å²) in [5.41, 5.74) is 2.08. The average molecular weight is 330 g/mol. The van der Waals surface area contributed by atoms with Gasteiger partial charge in [-0.05, 0) is 18.4 Å². The summed E-state index contributed by atoms with van der Waals surface area (Å²) >= 11 is 1.37. The lowest BCUT2D eigenvalue weighted by Gasteiger charge is -2.05. The van der Waals surface area contributed by atoms with Gasteiger partial charge in [0.25, 0.3) is 0 Å². The molecule has 0 radical (unpaired) electrons. The van der Waals surface area contributed by atoms with E-state index in [0.717, 1.165) is 25.0 Å². The van der Waals surface area contributed by atoms with E-state index in [9.17, 15) is 9.59 Å². The molecule has 0 bridgehead atoms. The standard InChI is InChI=1S/C16H18N4O2S/c21-14(18-12-6-7-12)9-17-15(22)20-16-19-13(10-23-16)8-11-4-2-1-3-5-11/h1-5,10,12H,6-9H2,(H,18,21)(H2,17,19,20,22). The number of carbonyl (C=O) groups is 2. The minimum atomic E-state index is -0.420. The van der Waals surface area contributed by atoms with Crippen molar-refractivity contribution in [1.29, 1.82) is 0 Å². The zero-order chi connectivity index (χ0) is 16.1. The maximum atomic E-state index is 11.8. The van der Waals surface area contributed by atoms with Gasteiger partial charge in [0, 0.05) is 17.8 Å². The van der Waals surface area contributed by atoms with Gasteiger partial charge < -0.3 is 10.6 Å². The van der Waals surface area contributed by atoms with Crippen molar-refractivity contribution in [3.8, 4) is 0 Å². The molecule has 3 N–H and O–H groups in total. The fourth-order valence-corrected chi connectivity index (χ4v) is 2.76. The summed E-state index contributed by atoms with van der Waals surface area (Å²) in [7, 11) is 0. The van der Waals surface area contributed by atoms with Gasteiger partial charge in [0.05, 0.1) is 12.2 Å². The van der Waals surface area contributed by atoms with Crippen LogP contribution in [-0.2, 0) is 11.2 Å². The van der Waals surface area contributed by atoms with E-state index in [4.69, 9.17) is 0 Å². The molecule has 1 heterocycles.